The smallest absolute Gasteiger partial charge is 0.269 e. The van der Waals surface area contributed by atoms with E-state index in [1.165, 1.54) is 22.7 Å². The van der Waals surface area contributed by atoms with Crippen molar-refractivity contribution in [2.75, 3.05) is 16.3 Å². The van der Waals surface area contributed by atoms with Gasteiger partial charge in [0.05, 0.1) is 17.6 Å². The van der Waals surface area contributed by atoms with E-state index in [0.717, 1.165) is 22.4 Å². The third-order valence-corrected chi connectivity index (χ3v) is 7.23. The largest absolute Gasteiger partial charge is 0.297 e. The maximum absolute atomic E-state index is 12.7. The molecule has 2 N–H and O–H groups in total. The van der Waals surface area contributed by atoms with Gasteiger partial charge in [0.25, 0.3) is 5.91 Å². The van der Waals surface area contributed by atoms with Crippen LogP contribution in [0.15, 0.2) is 46.5 Å². The fourth-order valence-electron chi connectivity index (χ4n) is 2.66. The van der Waals surface area contributed by atoms with Crippen LogP contribution in [0.5, 0.6) is 0 Å². The number of amides is 1. The van der Waals surface area contributed by atoms with Crippen LogP contribution in [0.3, 0.4) is 0 Å². The van der Waals surface area contributed by atoms with Crippen LogP contribution >= 0.6 is 34.0 Å². The molecule has 154 valence electrons. The lowest BCUT2D eigenvalue weighted by molar-refractivity contribution is 0.103. The summed E-state index contributed by atoms with van der Waals surface area (Å²) < 4.78 is 25.0. The molecule has 0 bridgehead atoms. The Morgan fingerprint density at radius 1 is 1.03 bits per heavy atom. The minimum atomic E-state index is -3.32. The first-order valence-electron chi connectivity index (χ1n) is 8.63. The second kappa shape index (κ2) is 8.26. The zero-order valence-electron chi connectivity index (χ0n) is 15.9. The van der Waals surface area contributed by atoms with Crippen LogP contribution in [0.25, 0.3) is 21.8 Å². The van der Waals surface area contributed by atoms with Crippen molar-refractivity contribution in [3.05, 3.63) is 57.0 Å². The van der Waals surface area contributed by atoms with Crippen molar-refractivity contribution in [1.82, 2.24) is 9.97 Å². The van der Waals surface area contributed by atoms with E-state index in [1.807, 2.05) is 29.1 Å². The van der Waals surface area contributed by atoms with Crippen LogP contribution in [0.1, 0.15) is 15.4 Å². The standard InChI is InChI=1S/C19H16N4O3S4/c1-11-16(29-18(20-11)13-7-8-27-9-13)17(24)22-19-21-15(10-28-19)12-3-5-14(6-4-12)23-30(2,25)26/h3-10,23H,1-2H3,(H,21,22,24). The van der Waals surface area contributed by atoms with E-state index in [-0.39, 0.29) is 5.91 Å². The minimum Gasteiger partial charge on any atom is -0.297 e. The monoisotopic (exact) mass is 476 g/mol. The first-order valence-corrected chi connectivity index (χ1v) is 13.2. The Kier molecular flexibility index (Phi) is 5.69. The number of nitrogens with one attached hydrogen (secondary N) is 2. The summed E-state index contributed by atoms with van der Waals surface area (Å²) in [6.07, 6.45) is 1.10. The number of nitrogens with zero attached hydrogens (tertiary/aromatic N) is 2. The highest BCUT2D eigenvalue weighted by Gasteiger charge is 2.18. The highest BCUT2D eigenvalue weighted by Crippen LogP contribution is 2.31. The van der Waals surface area contributed by atoms with Gasteiger partial charge in [-0.05, 0) is 30.5 Å². The summed E-state index contributed by atoms with van der Waals surface area (Å²) >= 11 is 4.27. The summed E-state index contributed by atoms with van der Waals surface area (Å²) in [5.41, 5.74) is 3.69. The number of carbonyl (C=O) groups excluding carboxylic acids is 1. The van der Waals surface area contributed by atoms with E-state index in [9.17, 15) is 13.2 Å². The molecule has 0 atom stereocenters. The van der Waals surface area contributed by atoms with E-state index in [1.54, 1.807) is 35.6 Å². The van der Waals surface area contributed by atoms with Gasteiger partial charge in [-0.1, -0.05) is 12.1 Å². The van der Waals surface area contributed by atoms with Crippen LogP contribution in [0.4, 0.5) is 10.8 Å². The Bertz CT molecular complexity index is 1290. The molecule has 0 fully saturated rings. The summed E-state index contributed by atoms with van der Waals surface area (Å²) in [6.45, 7) is 1.82. The molecule has 4 rings (SSSR count). The maximum atomic E-state index is 12.7. The zero-order chi connectivity index (χ0) is 21.3. The van der Waals surface area contributed by atoms with Crippen molar-refractivity contribution in [3.8, 4) is 21.8 Å². The molecule has 0 unspecified atom stereocenters. The predicted octanol–water partition coefficient (Wildman–Crippen LogP) is 4.93. The molecule has 0 aliphatic rings. The summed E-state index contributed by atoms with van der Waals surface area (Å²) in [5, 5.41) is 9.97. The molecule has 7 nitrogen and oxygen atoms in total. The number of thiazole rings is 2. The second-order valence-electron chi connectivity index (χ2n) is 6.39. The molecule has 4 aromatic rings. The topological polar surface area (TPSA) is 101 Å². The second-order valence-corrected chi connectivity index (χ2v) is 10.8. The van der Waals surface area contributed by atoms with Gasteiger partial charge in [-0.25, -0.2) is 18.4 Å². The van der Waals surface area contributed by atoms with E-state index >= 15 is 0 Å². The van der Waals surface area contributed by atoms with E-state index < -0.39 is 10.0 Å². The molecule has 0 radical (unpaired) electrons. The van der Waals surface area contributed by atoms with Crippen LogP contribution in [0.2, 0.25) is 0 Å². The molecule has 3 aromatic heterocycles. The summed E-state index contributed by atoms with van der Waals surface area (Å²) in [5.74, 6) is -0.236. The highest BCUT2D eigenvalue weighted by atomic mass is 32.2. The number of hydrogen-bond acceptors (Lipinski definition) is 8. The van der Waals surface area contributed by atoms with Gasteiger partial charge in [0, 0.05) is 27.6 Å². The summed E-state index contributed by atoms with van der Waals surface area (Å²) in [6, 6.07) is 8.86. The molecule has 30 heavy (non-hydrogen) atoms. The number of rotatable bonds is 6. The fraction of sp³-hybridized carbons (Fsp3) is 0.105. The van der Waals surface area contributed by atoms with Crippen molar-refractivity contribution in [3.63, 3.8) is 0 Å². The Hall–Kier alpha value is -2.60. The number of anilines is 2. The van der Waals surface area contributed by atoms with Gasteiger partial charge in [0.15, 0.2) is 5.13 Å². The molecule has 1 amide bonds. The molecule has 0 aliphatic heterocycles. The highest BCUT2D eigenvalue weighted by molar-refractivity contribution is 7.92. The molecule has 3 heterocycles. The molecular weight excluding hydrogens is 461 g/mol. The van der Waals surface area contributed by atoms with Crippen molar-refractivity contribution in [2.24, 2.45) is 0 Å². The van der Waals surface area contributed by atoms with Gasteiger partial charge in [-0.2, -0.15) is 11.3 Å². The third kappa shape index (κ3) is 4.75. The normalized spacial score (nSPS) is 11.4. The van der Waals surface area contributed by atoms with Crippen molar-refractivity contribution >= 4 is 60.8 Å². The van der Waals surface area contributed by atoms with Crippen LogP contribution in [-0.4, -0.2) is 30.5 Å². The SMILES string of the molecule is Cc1nc(-c2ccsc2)sc1C(=O)Nc1nc(-c2ccc(NS(C)(=O)=O)cc2)cs1. The number of sulfonamides is 1. The van der Waals surface area contributed by atoms with Crippen molar-refractivity contribution in [1.29, 1.82) is 0 Å². The van der Waals surface area contributed by atoms with Crippen LogP contribution in [-0.2, 0) is 10.0 Å². The third-order valence-electron chi connectivity index (χ3n) is 3.98. The lowest BCUT2D eigenvalue weighted by Crippen LogP contribution is -2.11. The molecular formula is C19H16N4O3S4. The van der Waals surface area contributed by atoms with E-state index in [0.29, 0.717) is 27.1 Å². The molecule has 11 heteroatoms. The first kappa shape index (κ1) is 20.7. The zero-order valence-corrected chi connectivity index (χ0v) is 19.1. The lowest BCUT2D eigenvalue weighted by Gasteiger charge is -2.04. The van der Waals surface area contributed by atoms with Gasteiger partial charge >= 0.3 is 0 Å². The molecule has 0 saturated heterocycles. The summed E-state index contributed by atoms with van der Waals surface area (Å²) in [4.78, 5) is 22.2. The average molecular weight is 477 g/mol. The number of carbonyl (C=O) groups is 1. The van der Waals surface area contributed by atoms with E-state index in [2.05, 4.69) is 20.0 Å². The van der Waals surface area contributed by atoms with Crippen LogP contribution < -0.4 is 10.0 Å². The Labute approximate surface area is 185 Å². The number of aromatic nitrogens is 2. The molecule has 0 spiro atoms. The quantitative estimate of drug-likeness (QED) is 0.411. The Morgan fingerprint density at radius 2 is 1.80 bits per heavy atom. The van der Waals surface area contributed by atoms with Gasteiger partial charge < -0.3 is 0 Å². The molecule has 0 saturated carbocycles. The number of aryl methyl sites for hydroxylation is 1. The number of benzene rings is 1. The Balaban J connectivity index is 1.48. The number of thiophene rings is 1. The number of hydrogen-bond donors (Lipinski definition) is 2. The van der Waals surface area contributed by atoms with Gasteiger partial charge in [0.1, 0.15) is 9.88 Å². The van der Waals surface area contributed by atoms with Crippen molar-refractivity contribution in [2.45, 2.75) is 6.92 Å². The van der Waals surface area contributed by atoms with E-state index in [4.69, 9.17) is 0 Å². The van der Waals surface area contributed by atoms with Gasteiger partial charge in [-0.15, -0.1) is 22.7 Å². The first-order chi connectivity index (χ1) is 14.3. The lowest BCUT2D eigenvalue weighted by atomic mass is 10.1. The van der Waals surface area contributed by atoms with Gasteiger partial charge in [0.2, 0.25) is 10.0 Å². The molecule has 0 aliphatic carbocycles. The van der Waals surface area contributed by atoms with Gasteiger partial charge in [-0.3, -0.25) is 14.8 Å². The summed E-state index contributed by atoms with van der Waals surface area (Å²) in [7, 11) is -3.32. The fourth-order valence-corrected chi connectivity index (χ4v) is 5.61. The minimum absolute atomic E-state index is 0.236. The molecule has 1 aromatic carbocycles. The van der Waals surface area contributed by atoms with Crippen molar-refractivity contribution < 1.29 is 13.2 Å². The predicted molar refractivity (Wildman–Crippen MR) is 124 cm³/mol. The Morgan fingerprint density at radius 3 is 2.47 bits per heavy atom. The average Bonchev–Trinajstić information content (AvgIpc) is 3.41. The maximum Gasteiger partial charge on any atom is 0.269 e. The van der Waals surface area contributed by atoms with Crippen LogP contribution in [0, 0.1) is 6.92 Å².